The van der Waals surface area contributed by atoms with Crippen LogP contribution in [0, 0.1) is 0 Å². The minimum absolute atomic E-state index is 0.175. The molecule has 4 heteroatoms. The van der Waals surface area contributed by atoms with Crippen LogP contribution in [0.3, 0.4) is 0 Å². The van der Waals surface area contributed by atoms with E-state index in [0.29, 0.717) is 6.61 Å². The minimum Gasteiger partial charge on any atom is -0.387 e. The average Bonchev–Trinajstić information content (AvgIpc) is 2.03. The van der Waals surface area contributed by atoms with Gasteiger partial charge in [-0.25, -0.2) is 0 Å². The lowest BCUT2D eigenvalue weighted by atomic mass is 10.1. The number of rotatable bonds is 5. The summed E-state index contributed by atoms with van der Waals surface area (Å²) in [5, 5.41) is 12.1. The number of ether oxygens (including phenoxy) is 1. The molecular formula is C9H17NO3. The highest BCUT2D eigenvalue weighted by molar-refractivity contribution is 5.73. The molecule has 0 bridgehead atoms. The summed E-state index contributed by atoms with van der Waals surface area (Å²) >= 11 is 0. The molecule has 0 heterocycles. The maximum atomic E-state index is 10.7. The third-order valence-corrected chi connectivity index (χ3v) is 1.54. The Balaban J connectivity index is 4.13. The summed E-state index contributed by atoms with van der Waals surface area (Å²) < 4.78 is 4.86. The monoisotopic (exact) mass is 187 g/mol. The van der Waals surface area contributed by atoms with Crippen LogP contribution in [-0.4, -0.2) is 36.9 Å². The van der Waals surface area contributed by atoms with Crippen LogP contribution in [0.25, 0.3) is 0 Å². The molecule has 0 aromatic carbocycles. The molecule has 0 fully saturated rings. The van der Waals surface area contributed by atoms with Crippen LogP contribution < -0.4 is 5.32 Å². The first-order valence-electron chi connectivity index (χ1n) is 4.18. The third-order valence-electron chi connectivity index (χ3n) is 1.54. The van der Waals surface area contributed by atoms with Crippen molar-refractivity contribution in [2.24, 2.45) is 0 Å². The van der Waals surface area contributed by atoms with Gasteiger partial charge in [-0.3, -0.25) is 4.79 Å². The lowest BCUT2D eigenvalue weighted by Crippen LogP contribution is -2.44. The van der Waals surface area contributed by atoms with Gasteiger partial charge in [0.2, 0.25) is 5.91 Å². The second-order valence-electron chi connectivity index (χ2n) is 2.78. The molecule has 0 aliphatic heterocycles. The number of hydrogen-bond acceptors (Lipinski definition) is 3. The van der Waals surface area contributed by atoms with Gasteiger partial charge in [-0.15, -0.1) is 0 Å². The molecule has 0 aliphatic rings. The minimum atomic E-state index is -0.700. The molecule has 0 aliphatic carbocycles. The Labute approximate surface area is 78.6 Å². The molecule has 0 rings (SSSR count). The number of aliphatic hydroxyl groups excluding tert-OH is 1. The second-order valence-corrected chi connectivity index (χ2v) is 2.78. The van der Waals surface area contributed by atoms with E-state index in [2.05, 4.69) is 5.32 Å². The molecule has 0 saturated carbocycles. The lowest BCUT2D eigenvalue weighted by Gasteiger charge is -2.20. The molecule has 2 atom stereocenters. The normalized spacial score (nSPS) is 15.7. The van der Waals surface area contributed by atoms with Crippen molar-refractivity contribution in [1.82, 2.24) is 5.32 Å². The average molecular weight is 187 g/mol. The van der Waals surface area contributed by atoms with Gasteiger partial charge < -0.3 is 15.2 Å². The van der Waals surface area contributed by atoms with Crippen LogP contribution >= 0.6 is 0 Å². The fourth-order valence-electron chi connectivity index (χ4n) is 0.998. The van der Waals surface area contributed by atoms with Crippen molar-refractivity contribution in [2.75, 3.05) is 13.7 Å². The van der Waals surface area contributed by atoms with Gasteiger partial charge in [0.15, 0.2) is 0 Å². The molecule has 0 radical (unpaired) electrons. The molecule has 0 aromatic heterocycles. The molecule has 0 saturated heterocycles. The summed E-state index contributed by atoms with van der Waals surface area (Å²) in [6.45, 7) is 3.51. The van der Waals surface area contributed by atoms with Gasteiger partial charge in [0.1, 0.15) is 0 Å². The Kier molecular flexibility index (Phi) is 6.18. The van der Waals surface area contributed by atoms with Crippen LogP contribution in [0.2, 0.25) is 0 Å². The predicted octanol–water partition coefficient (Wildman–Crippen LogP) is 0.0745. The Morgan fingerprint density at radius 3 is 2.69 bits per heavy atom. The third kappa shape index (κ3) is 5.38. The summed E-state index contributed by atoms with van der Waals surface area (Å²) in [7, 11) is 1.52. The van der Waals surface area contributed by atoms with E-state index in [0.717, 1.165) is 0 Å². The van der Waals surface area contributed by atoms with E-state index in [1.54, 1.807) is 19.1 Å². The molecule has 0 unspecified atom stereocenters. The van der Waals surface area contributed by atoms with Gasteiger partial charge in [-0.1, -0.05) is 12.2 Å². The molecule has 4 nitrogen and oxygen atoms in total. The topological polar surface area (TPSA) is 58.6 Å². The van der Waals surface area contributed by atoms with Gasteiger partial charge in [-0.2, -0.15) is 0 Å². The number of hydrogen-bond donors (Lipinski definition) is 2. The summed E-state index contributed by atoms with van der Waals surface area (Å²) in [6.07, 6.45) is 2.64. The summed E-state index contributed by atoms with van der Waals surface area (Å²) in [6, 6.07) is -0.376. The molecule has 0 aromatic rings. The standard InChI is InChI=1S/C9H17NO3/c1-4-5-9(12)8(6-13-3)10-7(2)11/h4-5,8-9,12H,6H2,1-3H3,(H,10,11)/t8-,9+/m0/s1. The van der Waals surface area contributed by atoms with E-state index in [-0.39, 0.29) is 11.9 Å². The highest BCUT2D eigenvalue weighted by atomic mass is 16.5. The zero-order valence-corrected chi connectivity index (χ0v) is 8.28. The zero-order valence-electron chi connectivity index (χ0n) is 8.28. The largest absolute Gasteiger partial charge is 0.387 e. The Morgan fingerprint density at radius 1 is 1.69 bits per heavy atom. The fourth-order valence-corrected chi connectivity index (χ4v) is 0.998. The number of carbonyl (C=O) groups is 1. The van der Waals surface area contributed by atoms with E-state index in [1.165, 1.54) is 14.0 Å². The first-order chi connectivity index (χ1) is 6.11. The van der Waals surface area contributed by atoms with Gasteiger partial charge in [0.25, 0.3) is 0 Å². The smallest absolute Gasteiger partial charge is 0.217 e. The number of methoxy groups -OCH3 is 1. The van der Waals surface area contributed by atoms with Crippen LogP contribution in [0.4, 0.5) is 0 Å². The molecular weight excluding hydrogens is 170 g/mol. The number of nitrogens with one attached hydrogen (secondary N) is 1. The van der Waals surface area contributed by atoms with Crippen LogP contribution in [0.5, 0.6) is 0 Å². The van der Waals surface area contributed by atoms with E-state index in [4.69, 9.17) is 4.74 Å². The fraction of sp³-hybridized carbons (Fsp3) is 0.667. The Bertz CT molecular complexity index is 180. The Hall–Kier alpha value is -0.870. The SMILES string of the molecule is CC=C[C@@H](O)[C@H](COC)NC(C)=O. The van der Waals surface area contributed by atoms with Crippen molar-refractivity contribution in [3.63, 3.8) is 0 Å². The predicted molar refractivity (Wildman–Crippen MR) is 50.3 cm³/mol. The number of amides is 1. The van der Waals surface area contributed by atoms with Crippen molar-refractivity contribution in [1.29, 1.82) is 0 Å². The van der Waals surface area contributed by atoms with E-state index < -0.39 is 6.10 Å². The van der Waals surface area contributed by atoms with Gasteiger partial charge in [0.05, 0.1) is 18.8 Å². The first-order valence-corrected chi connectivity index (χ1v) is 4.18. The van der Waals surface area contributed by atoms with Crippen molar-refractivity contribution in [3.05, 3.63) is 12.2 Å². The van der Waals surface area contributed by atoms with E-state index >= 15 is 0 Å². The number of carbonyl (C=O) groups excluding carboxylic acids is 1. The summed E-state index contributed by atoms with van der Waals surface area (Å²) in [5.41, 5.74) is 0. The van der Waals surface area contributed by atoms with Crippen LogP contribution in [0.1, 0.15) is 13.8 Å². The Morgan fingerprint density at radius 2 is 2.31 bits per heavy atom. The summed E-state index contributed by atoms with van der Waals surface area (Å²) in [4.78, 5) is 10.7. The highest BCUT2D eigenvalue weighted by Crippen LogP contribution is 1.96. The highest BCUT2D eigenvalue weighted by Gasteiger charge is 2.16. The lowest BCUT2D eigenvalue weighted by molar-refractivity contribution is -0.120. The molecule has 1 amide bonds. The number of aliphatic hydroxyl groups is 1. The molecule has 2 N–H and O–H groups in total. The summed E-state index contributed by atoms with van der Waals surface area (Å²) in [5.74, 6) is -0.175. The van der Waals surface area contributed by atoms with E-state index in [1.807, 2.05) is 0 Å². The zero-order chi connectivity index (χ0) is 10.3. The van der Waals surface area contributed by atoms with Gasteiger partial charge >= 0.3 is 0 Å². The quantitative estimate of drug-likeness (QED) is 0.599. The number of allylic oxidation sites excluding steroid dienone is 1. The maximum Gasteiger partial charge on any atom is 0.217 e. The molecule has 76 valence electrons. The van der Waals surface area contributed by atoms with Crippen molar-refractivity contribution < 1.29 is 14.6 Å². The van der Waals surface area contributed by atoms with Crippen molar-refractivity contribution >= 4 is 5.91 Å². The van der Waals surface area contributed by atoms with E-state index in [9.17, 15) is 9.90 Å². The van der Waals surface area contributed by atoms with Crippen LogP contribution in [0.15, 0.2) is 12.2 Å². The molecule has 13 heavy (non-hydrogen) atoms. The first kappa shape index (κ1) is 12.1. The van der Waals surface area contributed by atoms with Gasteiger partial charge in [-0.05, 0) is 6.92 Å². The maximum absolute atomic E-state index is 10.7. The van der Waals surface area contributed by atoms with Crippen LogP contribution in [-0.2, 0) is 9.53 Å². The second kappa shape index (κ2) is 6.62. The van der Waals surface area contributed by atoms with Gasteiger partial charge in [0, 0.05) is 14.0 Å². The van der Waals surface area contributed by atoms with Crippen molar-refractivity contribution in [2.45, 2.75) is 26.0 Å². The van der Waals surface area contributed by atoms with Crippen molar-refractivity contribution in [3.8, 4) is 0 Å². The molecule has 0 spiro atoms.